The number of amides is 1. The van der Waals surface area contributed by atoms with Gasteiger partial charge in [-0.15, -0.1) is 0 Å². The van der Waals surface area contributed by atoms with Crippen molar-refractivity contribution < 1.29 is 13.9 Å². The minimum absolute atomic E-state index is 0.232. The number of benzene rings is 1. The maximum atomic E-state index is 12.4. The topological polar surface area (TPSA) is 72.5 Å². The number of rotatable bonds is 10. The van der Waals surface area contributed by atoms with Crippen molar-refractivity contribution in [1.29, 1.82) is 0 Å². The summed E-state index contributed by atoms with van der Waals surface area (Å²) in [6, 6.07) is 10.9. The van der Waals surface area contributed by atoms with Crippen LogP contribution in [0.25, 0.3) is 0 Å². The summed E-state index contributed by atoms with van der Waals surface area (Å²) >= 11 is 3.38. The largest absolute Gasteiger partial charge is 0.486 e. The lowest BCUT2D eigenvalue weighted by atomic mass is 10.3. The molecule has 0 bridgehead atoms. The van der Waals surface area contributed by atoms with E-state index in [1.807, 2.05) is 35.1 Å². The van der Waals surface area contributed by atoms with E-state index in [0.717, 1.165) is 36.4 Å². The Morgan fingerprint density at radius 1 is 1.21 bits per heavy atom. The fraction of sp³-hybridized carbons (Fsp3) is 0.333. The number of nitrogens with one attached hydrogen (secondary N) is 1. The molecule has 0 aliphatic carbocycles. The number of carbonyl (C=O) groups is 1. The standard InChI is InChI=1S/C21H25BrN4O3/c1-3-25(4-2)11-12-26-14-17(13-23-26)24-21(27)20-10-9-19(29-20)15-28-18-7-5-16(22)6-8-18/h5-10,13-14H,3-4,11-12,15H2,1-2H3,(H,24,27). The molecule has 154 valence electrons. The molecule has 0 saturated carbocycles. The number of halogens is 1. The summed E-state index contributed by atoms with van der Waals surface area (Å²) in [5.74, 6) is 1.22. The van der Waals surface area contributed by atoms with Crippen LogP contribution in [0.15, 0.2) is 57.7 Å². The summed E-state index contributed by atoms with van der Waals surface area (Å²) in [5.41, 5.74) is 0.638. The SMILES string of the molecule is CCN(CC)CCn1cc(NC(=O)c2ccc(COc3ccc(Br)cc3)o2)cn1. The average Bonchev–Trinajstić information content (AvgIpc) is 3.38. The maximum Gasteiger partial charge on any atom is 0.291 e. The summed E-state index contributed by atoms with van der Waals surface area (Å²) in [4.78, 5) is 14.7. The normalized spacial score (nSPS) is 11.0. The van der Waals surface area contributed by atoms with Crippen molar-refractivity contribution in [2.45, 2.75) is 27.0 Å². The smallest absolute Gasteiger partial charge is 0.291 e. The Morgan fingerprint density at radius 3 is 2.69 bits per heavy atom. The van der Waals surface area contributed by atoms with Gasteiger partial charge in [0, 0.05) is 17.2 Å². The van der Waals surface area contributed by atoms with Crippen LogP contribution in [0.4, 0.5) is 5.69 Å². The molecule has 0 radical (unpaired) electrons. The van der Waals surface area contributed by atoms with Gasteiger partial charge < -0.3 is 19.4 Å². The van der Waals surface area contributed by atoms with Crippen molar-refractivity contribution in [3.63, 3.8) is 0 Å². The first-order valence-electron chi connectivity index (χ1n) is 9.60. The van der Waals surface area contributed by atoms with Gasteiger partial charge in [-0.1, -0.05) is 29.8 Å². The predicted molar refractivity (Wildman–Crippen MR) is 115 cm³/mol. The van der Waals surface area contributed by atoms with Crippen LogP contribution in [0.2, 0.25) is 0 Å². The van der Waals surface area contributed by atoms with E-state index < -0.39 is 0 Å². The highest BCUT2D eigenvalue weighted by Crippen LogP contribution is 2.18. The highest BCUT2D eigenvalue weighted by Gasteiger charge is 2.13. The van der Waals surface area contributed by atoms with Gasteiger partial charge in [-0.25, -0.2) is 0 Å². The van der Waals surface area contributed by atoms with Crippen LogP contribution in [0, 0.1) is 0 Å². The highest BCUT2D eigenvalue weighted by atomic mass is 79.9. The third kappa shape index (κ3) is 6.20. The second-order valence-electron chi connectivity index (χ2n) is 6.48. The number of aromatic nitrogens is 2. The molecule has 0 fully saturated rings. The van der Waals surface area contributed by atoms with Gasteiger partial charge in [-0.05, 0) is 49.5 Å². The summed E-state index contributed by atoms with van der Waals surface area (Å²) in [6.45, 7) is 8.23. The van der Waals surface area contributed by atoms with E-state index in [1.165, 1.54) is 0 Å². The van der Waals surface area contributed by atoms with Gasteiger partial charge in [0.25, 0.3) is 5.91 Å². The number of ether oxygens (including phenoxy) is 1. The number of likely N-dealkylation sites (N-methyl/N-ethyl adjacent to an activating group) is 1. The van der Waals surface area contributed by atoms with Crippen molar-refractivity contribution in [1.82, 2.24) is 14.7 Å². The van der Waals surface area contributed by atoms with E-state index >= 15 is 0 Å². The van der Waals surface area contributed by atoms with Crippen molar-refractivity contribution in [2.75, 3.05) is 25.0 Å². The lowest BCUT2D eigenvalue weighted by Crippen LogP contribution is -2.27. The van der Waals surface area contributed by atoms with Gasteiger partial charge >= 0.3 is 0 Å². The molecule has 8 heteroatoms. The van der Waals surface area contributed by atoms with E-state index in [4.69, 9.17) is 9.15 Å². The molecule has 1 aromatic carbocycles. The summed E-state index contributed by atoms with van der Waals surface area (Å²) in [6.07, 6.45) is 3.46. The number of nitrogens with zero attached hydrogens (tertiary/aromatic N) is 3. The molecule has 2 aromatic heterocycles. The zero-order valence-corrected chi connectivity index (χ0v) is 18.2. The van der Waals surface area contributed by atoms with Crippen molar-refractivity contribution in [2.24, 2.45) is 0 Å². The van der Waals surface area contributed by atoms with Gasteiger partial charge in [-0.2, -0.15) is 5.10 Å². The lowest BCUT2D eigenvalue weighted by molar-refractivity contribution is 0.0992. The second kappa shape index (κ2) is 10.3. The highest BCUT2D eigenvalue weighted by molar-refractivity contribution is 9.10. The number of anilines is 1. The van der Waals surface area contributed by atoms with Crippen LogP contribution in [-0.4, -0.2) is 40.2 Å². The van der Waals surface area contributed by atoms with Gasteiger partial charge in [-0.3, -0.25) is 9.48 Å². The molecule has 3 rings (SSSR count). The number of furan rings is 1. The first-order valence-corrected chi connectivity index (χ1v) is 10.4. The van der Waals surface area contributed by atoms with Gasteiger partial charge in [0.2, 0.25) is 0 Å². The van der Waals surface area contributed by atoms with Crippen LogP contribution in [-0.2, 0) is 13.2 Å². The van der Waals surface area contributed by atoms with Crippen LogP contribution in [0.5, 0.6) is 5.75 Å². The van der Waals surface area contributed by atoms with E-state index in [0.29, 0.717) is 11.4 Å². The Hall–Kier alpha value is -2.58. The lowest BCUT2D eigenvalue weighted by Gasteiger charge is -2.17. The van der Waals surface area contributed by atoms with Crippen LogP contribution >= 0.6 is 15.9 Å². The third-order valence-electron chi connectivity index (χ3n) is 4.51. The van der Waals surface area contributed by atoms with Gasteiger partial charge in [0.05, 0.1) is 18.4 Å². The molecular formula is C21H25BrN4O3. The van der Waals surface area contributed by atoms with Crippen molar-refractivity contribution >= 4 is 27.5 Å². The molecule has 1 N–H and O–H groups in total. The zero-order valence-electron chi connectivity index (χ0n) is 16.6. The predicted octanol–water partition coefficient (Wildman–Crippen LogP) is 4.41. The quantitative estimate of drug-likeness (QED) is 0.484. The molecule has 0 aliphatic heterocycles. The molecule has 0 unspecified atom stereocenters. The number of hydrogen-bond acceptors (Lipinski definition) is 5. The summed E-state index contributed by atoms with van der Waals surface area (Å²) in [7, 11) is 0. The minimum Gasteiger partial charge on any atom is -0.486 e. The molecular weight excluding hydrogens is 436 g/mol. The van der Waals surface area contributed by atoms with Crippen molar-refractivity contribution in [3.05, 3.63) is 64.8 Å². The van der Waals surface area contributed by atoms with E-state index in [-0.39, 0.29) is 18.3 Å². The van der Waals surface area contributed by atoms with Gasteiger partial charge in [0.15, 0.2) is 5.76 Å². The van der Waals surface area contributed by atoms with Gasteiger partial charge in [0.1, 0.15) is 18.1 Å². The van der Waals surface area contributed by atoms with Crippen LogP contribution in [0.3, 0.4) is 0 Å². The molecule has 2 heterocycles. The molecule has 7 nitrogen and oxygen atoms in total. The Morgan fingerprint density at radius 2 is 1.97 bits per heavy atom. The minimum atomic E-state index is -0.316. The molecule has 0 saturated heterocycles. The Kier molecular flexibility index (Phi) is 7.48. The summed E-state index contributed by atoms with van der Waals surface area (Å²) < 4.78 is 14.1. The van der Waals surface area contributed by atoms with Crippen molar-refractivity contribution in [3.8, 4) is 5.75 Å². The maximum absolute atomic E-state index is 12.4. The first kappa shape index (κ1) is 21.1. The van der Waals surface area contributed by atoms with E-state index in [9.17, 15) is 4.79 Å². The number of carbonyl (C=O) groups excluding carboxylic acids is 1. The first-order chi connectivity index (χ1) is 14.1. The molecule has 0 atom stereocenters. The Balaban J connectivity index is 1.50. The van der Waals surface area contributed by atoms with E-state index in [2.05, 4.69) is 45.1 Å². The third-order valence-corrected chi connectivity index (χ3v) is 5.04. The second-order valence-corrected chi connectivity index (χ2v) is 7.40. The van der Waals surface area contributed by atoms with Crippen LogP contribution in [0.1, 0.15) is 30.2 Å². The fourth-order valence-corrected chi connectivity index (χ4v) is 3.05. The average molecular weight is 461 g/mol. The molecule has 0 spiro atoms. The monoisotopic (exact) mass is 460 g/mol. The Labute approximate surface area is 178 Å². The fourth-order valence-electron chi connectivity index (χ4n) is 2.79. The molecule has 1 amide bonds. The summed E-state index contributed by atoms with van der Waals surface area (Å²) in [5, 5.41) is 7.11. The number of hydrogen-bond donors (Lipinski definition) is 1. The molecule has 0 aliphatic rings. The van der Waals surface area contributed by atoms with Crippen LogP contribution < -0.4 is 10.1 Å². The molecule has 29 heavy (non-hydrogen) atoms. The van der Waals surface area contributed by atoms with E-state index in [1.54, 1.807) is 18.3 Å². The molecule has 3 aromatic rings. The Bertz CT molecular complexity index is 916. The zero-order chi connectivity index (χ0) is 20.6.